The minimum atomic E-state index is -0.466. The topological polar surface area (TPSA) is 52.3 Å². The predicted molar refractivity (Wildman–Crippen MR) is 73.1 cm³/mol. The Bertz CT molecular complexity index is 462. The Morgan fingerprint density at radius 1 is 0.944 bits per heavy atom. The average Bonchev–Trinajstić information content (AvgIpc) is 2.41. The van der Waals surface area contributed by atoms with Gasteiger partial charge >= 0.3 is 6.92 Å². The van der Waals surface area contributed by atoms with Crippen LogP contribution >= 0.6 is 0 Å². The molecule has 0 atom stereocenters. The highest BCUT2D eigenvalue weighted by Crippen LogP contribution is 1.94. The summed E-state index contributed by atoms with van der Waals surface area (Å²) in [5, 5.41) is 0. The van der Waals surface area contributed by atoms with Gasteiger partial charge in [0.1, 0.15) is 6.61 Å². The van der Waals surface area contributed by atoms with Crippen LogP contribution in [0.5, 0.6) is 0 Å². The molecule has 2 N–H and O–H groups in total. The maximum Gasteiger partial charge on any atom is 0.362 e. The molecule has 3 nitrogen and oxygen atoms in total. The number of amides is 1. The van der Waals surface area contributed by atoms with Crippen molar-refractivity contribution in [3.63, 3.8) is 0 Å². The Morgan fingerprint density at radius 3 is 1.78 bits per heavy atom. The van der Waals surface area contributed by atoms with Crippen LogP contribution in [0.3, 0.4) is 0 Å². The molecule has 0 aromatic heterocycles. The molecule has 0 aliphatic heterocycles. The molecule has 0 bridgehead atoms. The zero-order valence-electron chi connectivity index (χ0n) is 9.95. The first-order chi connectivity index (χ1) is 8.77. The fourth-order valence-electron chi connectivity index (χ4n) is 1.81. The van der Waals surface area contributed by atoms with Crippen LogP contribution in [0.15, 0.2) is 60.7 Å². The van der Waals surface area contributed by atoms with Gasteiger partial charge in [-0.2, -0.15) is 0 Å². The second-order valence-electron chi connectivity index (χ2n) is 3.98. The molecule has 18 heavy (non-hydrogen) atoms. The Labute approximate surface area is 107 Å². The highest BCUT2D eigenvalue weighted by Gasteiger charge is 2.21. The Balaban J connectivity index is 2.26. The SMILES string of the molecule is NC(=O)COB(c1ccccc1)c1ccccc1. The number of carbonyl (C=O) groups excluding carboxylic acids is 1. The number of carbonyl (C=O) groups is 1. The summed E-state index contributed by atoms with van der Waals surface area (Å²) in [6, 6.07) is 19.5. The lowest BCUT2D eigenvalue weighted by atomic mass is 9.55. The number of benzene rings is 2. The molecular formula is C14H14BNO2. The highest BCUT2D eigenvalue weighted by atomic mass is 16.4. The number of hydrogen-bond acceptors (Lipinski definition) is 2. The first-order valence-electron chi connectivity index (χ1n) is 5.77. The van der Waals surface area contributed by atoms with Crippen LogP contribution in [0.4, 0.5) is 0 Å². The number of nitrogens with two attached hydrogens (primary N) is 1. The Hall–Kier alpha value is -2.07. The third-order valence-corrected chi connectivity index (χ3v) is 2.60. The monoisotopic (exact) mass is 239 g/mol. The zero-order chi connectivity index (χ0) is 12.8. The summed E-state index contributed by atoms with van der Waals surface area (Å²) in [6.45, 7) is -0.353. The Kier molecular flexibility index (Phi) is 4.15. The van der Waals surface area contributed by atoms with Crippen molar-refractivity contribution < 1.29 is 9.45 Å². The maximum absolute atomic E-state index is 10.9. The van der Waals surface area contributed by atoms with Gasteiger partial charge < -0.3 is 10.4 Å². The van der Waals surface area contributed by atoms with Gasteiger partial charge in [0.15, 0.2) is 0 Å². The smallest absolute Gasteiger partial charge is 0.362 e. The molecule has 2 aromatic rings. The Morgan fingerprint density at radius 2 is 1.39 bits per heavy atom. The molecule has 0 fully saturated rings. The minimum Gasteiger partial charge on any atom is -0.418 e. The molecule has 0 heterocycles. The number of primary amides is 1. The summed E-state index contributed by atoms with van der Waals surface area (Å²) < 4.78 is 5.60. The summed E-state index contributed by atoms with van der Waals surface area (Å²) in [5.74, 6) is -0.466. The molecule has 2 aromatic carbocycles. The van der Waals surface area contributed by atoms with E-state index in [-0.39, 0.29) is 13.5 Å². The van der Waals surface area contributed by atoms with E-state index in [2.05, 4.69) is 0 Å². The molecule has 0 spiro atoms. The third-order valence-electron chi connectivity index (χ3n) is 2.60. The maximum atomic E-state index is 10.9. The van der Waals surface area contributed by atoms with Crippen LogP contribution in [-0.2, 0) is 9.45 Å². The second-order valence-corrected chi connectivity index (χ2v) is 3.98. The van der Waals surface area contributed by atoms with Crippen LogP contribution in [0.25, 0.3) is 0 Å². The molecule has 0 aliphatic rings. The van der Waals surface area contributed by atoms with Crippen molar-refractivity contribution in [3.8, 4) is 0 Å². The van der Waals surface area contributed by atoms with Gasteiger partial charge in [0.2, 0.25) is 5.91 Å². The van der Waals surface area contributed by atoms with Crippen molar-refractivity contribution in [2.75, 3.05) is 6.61 Å². The van der Waals surface area contributed by atoms with E-state index in [4.69, 9.17) is 10.4 Å². The van der Waals surface area contributed by atoms with Gasteiger partial charge in [-0.1, -0.05) is 60.7 Å². The zero-order valence-corrected chi connectivity index (χ0v) is 9.95. The van der Waals surface area contributed by atoms with Crippen molar-refractivity contribution in [3.05, 3.63) is 60.7 Å². The third kappa shape index (κ3) is 3.21. The lowest BCUT2D eigenvalue weighted by Gasteiger charge is -2.14. The summed E-state index contributed by atoms with van der Waals surface area (Å²) in [5.41, 5.74) is 7.14. The first-order valence-corrected chi connectivity index (χ1v) is 5.77. The van der Waals surface area contributed by atoms with Crippen LogP contribution in [0.1, 0.15) is 0 Å². The molecule has 0 saturated carbocycles. The first kappa shape index (κ1) is 12.4. The minimum absolute atomic E-state index is 0.0888. The molecule has 0 aliphatic carbocycles. The summed E-state index contributed by atoms with van der Waals surface area (Å²) >= 11 is 0. The van der Waals surface area contributed by atoms with Gasteiger partial charge in [-0.25, -0.2) is 0 Å². The van der Waals surface area contributed by atoms with Crippen LogP contribution in [-0.4, -0.2) is 19.4 Å². The lowest BCUT2D eigenvalue weighted by Crippen LogP contribution is -2.46. The van der Waals surface area contributed by atoms with Gasteiger partial charge in [-0.3, -0.25) is 4.79 Å². The largest absolute Gasteiger partial charge is 0.418 e. The number of rotatable bonds is 5. The van der Waals surface area contributed by atoms with E-state index >= 15 is 0 Å². The van der Waals surface area contributed by atoms with E-state index in [1.54, 1.807) is 0 Å². The fourth-order valence-corrected chi connectivity index (χ4v) is 1.81. The van der Waals surface area contributed by atoms with Crippen molar-refractivity contribution in [1.29, 1.82) is 0 Å². The lowest BCUT2D eigenvalue weighted by molar-refractivity contribution is -0.119. The van der Waals surface area contributed by atoms with E-state index in [1.807, 2.05) is 60.7 Å². The normalized spacial score (nSPS) is 10.0. The number of hydrogen-bond donors (Lipinski definition) is 1. The van der Waals surface area contributed by atoms with Gasteiger partial charge in [0.05, 0.1) is 0 Å². The molecular weight excluding hydrogens is 225 g/mol. The van der Waals surface area contributed by atoms with Crippen molar-refractivity contribution in [2.24, 2.45) is 5.73 Å². The van der Waals surface area contributed by atoms with Gasteiger partial charge in [0.25, 0.3) is 0 Å². The molecule has 4 heteroatoms. The van der Waals surface area contributed by atoms with Crippen LogP contribution in [0, 0.1) is 0 Å². The molecule has 2 rings (SSSR count). The summed E-state index contributed by atoms with van der Waals surface area (Å²) in [4.78, 5) is 10.9. The van der Waals surface area contributed by atoms with E-state index in [0.717, 1.165) is 10.9 Å². The molecule has 0 radical (unpaired) electrons. The van der Waals surface area contributed by atoms with Gasteiger partial charge in [-0.05, 0) is 10.9 Å². The highest BCUT2D eigenvalue weighted by molar-refractivity contribution is 6.80. The fraction of sp³-hybridized carbons (Fsp3) is 0.0714. The predicted octanol–water partition coefficient (Wildman–Crippen LogP) is 0.294. The second kappa shape index (κ2) is 6.03. The summed E-state index contributed by atoms with van der Waals surface area (Å²) in [6.07, 6.45) is 0. The van der Waals surface area contributed by atoms with Gasteiger partial charge in [-0.15, -0.1) is 0 Å². The molecule has 0 saturated heterocycles. The molecule has 0 unspecified atom stereocenters. The van der Waals surface area contributed by atoms with E-state index in [1.165, 1.54) is 0 Å². The van der Waals surface area contributed by atoms with E-state index in [9.17, 15) is 4.79 Å². The summed E-state index contributed by atoms with van der Waals surface area (Å²) in [7, 11) is 0. The van der Waals surface area contributed by atoms with Crippen LogP contribution < -0.4 is 16.7 Å². The van der Waals surface area contributed by atoms with Gasteiger partial charge in [0, 0.05) is 0 Å². The molecule has 1 amide bonds. The standard InChI is InChI=1S/C14H14BNO2/c16-14(17)11-18-15(12-7-3-1-4-8-12)13-9-5-2-6-10-13/h1-10H,11H2,(H2,16,17). The van der Waals surface area contributed by atoms with Crippen molar-refractivity contribution in [1.82, 2.24) is 0 Å². The van der Waals surface area contributed by atoms with Crippen LogP contribution in [0.2, 0.25) is 0 Å². The van der Waals surface area contributed by atoms with E-state index in [0.29, 0.717) is 0 Å². The van der Waals surface area contributed by atoms with Crippen molar-refractivity contribution >= 4 is 23.7 Å². The van der Waals surface area contributed by atoms with Crippen molar-refractivity contribution in [2.45, 2.75) is 0 Å². The molecule has 90 valence electrons. The van der Waals surface area contributed by atoms with E-state index < -0.39 is 5.91 Å². The average molecular weight is 239 g/mol. The quantitative estimate of drug-likeness (QED) is 0.762.